The number of carbonyl (C=O) groups excluding carboxylic acids is 3. The van der Waals surface area contributed by atoms with Crippen molar-refractivity contribution in [2.24, 2.45) is 0 Å². The second-order valence-electron chi connectivity index (χ2n) is 22.7. The van der Waals surface area contributed by atoms with E-state index in [1.165, 1.54) is 225 Å². The monoisotopic (exact) mass is 1060 g/mol. The van der Waals surface area contributed by atoms with E-state index < -0.39 is 6.10 Å². The third-order valence-electron chi connectivity index (χ3n) is 15.1. The SMILES string of the molecule is CC/C=C\C/C=C\C/C=C\C/C=C\CCCCCCC(=O)OCC(COC(=O)CCCCCCCCCCCCCCCCCCCCCCC)OC(=O)CCCCCCCCCCCCCCCCCCCCCC. The Morgan fingerprint density at radius 1 is 0.276 bits per heavy atom. The number of unbranched alkanes of at least 4 members (excludes halogenated alkanes) is 43. The molecule has 0 radical (unpaired) electrons. The van der Waals surface area contributed by atoms with Gasteiger partial charge in [0.15, 0.2) is 6.10 Å². The van der Waals surface area contributed by atoms with Crippen LogP contribution < -0.4 is 0 Å². The molecule has 0 aliphatic rings. The quantitative estimate of drug-likeness (QED) is 0.0261. The van der Waals surface area contributed by atoms with E-state index in [4.69, 9.17) is 14.2 Å². The molecule has 0 bridgehead atoms. The van der Waals surface area contributed by atoms with E-state index in [2.05, 4.69) is 69.4 Å². The molecule has 0 saturated carbocycles. The fraction of sp³-hybridized carbons (Fsp3) is 0.843. The molecule has 1 unspecified atom stereocenters. The first kappa shape index (κ1) is 73.4. The average Bonchev–Trinajstić information content (AvgIpc) is 3.42. The number of hydrogen-bond donors (Lipinski definition) is 0. The van der Waals surface area contributed by atoms with Crippen LogP contribution in [0.15, 0.2) is 48.6 Å². The van der Waals surface area contributed by atoms with E-state index in [0.717, 1.165) is 96.3 Å². The second-order valence-corrected chi connectivity index (χ2v) is 22.7. The molecule has 444 valence electrons. The minimum absolute atomic E-state index is 0.0757. The van der Waals surface area contributed by atoms with Crippen LogP contribution in [0.3, 0.4) is 0 Å². The highest BCUT2D eigenvalue weighted by atomic mass is 16.6. The van der Waals surface area contributed by atoms with Crippen LogP contribution in [0, 0.1) is 0 Å². The van der Waals surface area contributed by atoms with E-state index in [0.29, 0.717) is 19.3 Å². The summed E-state index contributed by atoms with van der Waals surface area (Å²) in [6.45, 7) is 6.58. The molecule has 0 fully saturated rings. The minimum atomic E-state index is -0.781. The number of carbonyl (C=O) groups is 3. The zero-order valence-electron chi connectivity index (χ0n) is 51.0. The van der Waals surface area contributed by atoms with Crippen molar-refractivity contribution in [3.63, 3.8) is 0 Å². The van der Waals surface area contributed by atoms with Crippen LogP contribution in [-0.4, -0.2) is 37.2 Å². The predicted octanol–water partition coefficient (Wildman–Crippen LogP) is 22.9. The third-order valence-corrected chi connectivity index (χ3v) is 15.1. The molecule has 0 aromatic rings. The molecule has 6 nitrogen and oxygen atoms in total. The van der Waals surface area contributed by atoms with Gasteiger partial charge in [-0.15, -0.1) is 0 Å². The van der Waals surface area contributed by atoms with Crippen molar-refractivity contribution in [2.45, 2.75) is 367 Å². The largest absolute Gasteiger partial charge is 0.462 e. The van der Waals surface area contributed by atoms with Crippen LogP contribution in [0.2, 0.25) is 0 Å². The normalized spacial score (nSPS) is 12.3. The number of esters is 3. The topological polar surface area (TPSA) is 78.9 Å². The first-order valence-corrected chi connectivity index (χ1v) is 33.6. The van der Waals surface area contributed by atoms with Crippen LogP contribution >= 0.6 is 0 Å². The van der Waals surface area contributed by atoms with Crippen molar-refractivity contribution in [3.05, 3.63) is 48.6 Å². The molecule has 0 spiro atoms. The average molecular weight is 1070 g/mol. The molecule has 76 heavy (non-hydrogen) atoms. The first-order chi connectivity index (χ1) is 37.5. The molecule has 0 saturated heterocycles. The summed E-state index contributed by atoms with van der Waals surface area (Å²) in [5, 5.41) is 0. The number of hydrogen-bond acceptors (Lipinski definition) is 6. The van der Waals surface area contributed by atoms with E-state index in [-0.39, 0.29) is 31.1 Å². The van der Waals surface area contributed by atoms with Gasteiger partial charge in [-0.2, -0.15) is 0 Å². The Bertz CT molecular complexity index is 1310. The molecular formula is C70H128O6. The summed E-state index contributed by atoms with van der Waals surface area (Å²) in [6, 6.07) is 0. The Morgan fingerprint density at radius 3 is 0.803 bits per heavy atom. The molecule has 0 N–H and O–H groups in total. The maximum atomic E-state index is 12.9. The number of rotatable bonds is 62. The maximum Gasteiger partial charge on any atom is 0.306 e. The molecule has 0 aromatic heterocycles. The summed E-state index contributed by atoms with van der Waals surface area (Å²) in [5.74, 6) is -0.873. The van der Waals surface area contributed by atoms with Gasteiger partial charge in [-0.05, 0) is 57.8 Å². The van der Waals surface area contributed by atoms with Crippen molar-refractivity contribution in [2.75, 3.05) is 13.2 Å². The lowest BCUT2D eigenvalue weighted by molar-refractivity contribution is -0.167. The molecule has 0 aromatic carbocycles. The minimum Gasteiger partial charge on any atom is -0.462 e. The van der Waals surface area contributed by atoms with E-state index in [1.54, 1.807) is 0 Å². The van der Waals surface area contributed by atoms with Gasteiger partial charge >= 0.3 is 17.9 Å². The summed E-state index contributed by atoms with van der Waals surface area (Å²) in [7, 11) is 0. The van der Waals surface area contributed by atoms with Gasteiger partial charge in [0.05, 0.1) is 0 Å². The van der Waals surface area contributed by atoms with E-state index >= 15 is 0 Å². The van der Waals surface area contributed by atoms with Gasteiger partial charge in [0, 0.05) is 19.3 Å². The third kappa shape index (κ3) is 62.2. The Hall–Kier alpha value is -2.63. The molecular weight excluding hydrogens is 937 g/mol. The lowest BCUT2D eigenvalue weighted by atomic mass is 10.0. The molecule has 1 atom stereocenters. The lowest BCUT2D eigenvalue weighted by Gasteiger charge is -2.18. The van der Waals surface area contributed by atoms with Gasteiger partial charge in [-0.25, -0.2) is 0 Å². The van der Waals surface area contributed by atoms with Gasteiger partial charge in [-0.1, -0.05) is 333 Å². The summed E-state index contributed by atoms with van der Waals surface area (Å²) in [6.07, 6.45) is 81.3. The van der Waals surface area contributed by atoms with Gasteiger partial charge < -0.3 is 14.2 Å². The molecule has 0 aliphatic carbocycles. The number of allylic oxidation sites excluding steroid dienone is 8. The fourth-order valence-corrected chi connectivity index (χ4v) is 10.1. The van der Waals surface area contributed by atoms with Crippen LogP contribution in [0.4, 0.5) is 0 Å². The Balaban J connectivity index is 4.33. The zero-order valence-corrected chi connectivity index (χ0v) is 51.0. The van der Waals surface area contributed by atoms with Gasteiger partial charge in [-0.3, -0.25) is 14.4 Å². The molecule has 0 aliphatic heterocycles. The summed E-state index contributed by atoms with van der Waals surface area (Å²) in [5.41, 5.74) is 0. The van der Waals surface area contributed by atoms with Crippen LogP contribution in [0.1, 0.15) is 361 Å². The smallest absolute Gasteiger partial charge is 0.306 e. The summed E-state index contributed by atoms with van der Waals surface area (Å²) < 4.78 is 17.0. The Kier molecular flexibility index (Phi) is 62.6. The van der Waals surface area contributed by atoms with E-state index in [1.807, 2.05) is 0 Å². The Labute approximate surface area is 473 Å². The number of ether oxygens (including phenoxy) is 3. The lowest BCUT2D eigenvalue weighted by Crippen LogP contribution is -2.30. The summed E-state index contributed by atoms with van der Waals surface area (Å²) in [4.78, 5) is 38.4. The van der Waals surface area contributed by atoms with E-state index in [9.17, 15) is 14.4 Å². The molecule has 0 rings (SSSR count). The highest BCUT2D eigenvalue weighted by Gasteiger charge is 2.19. The van der Waals surface area contributed by atoms with Gasteiger partial charge in [0.25, 0.3) is 0 Å². The maximum absolute atomic E-state index is 12.9. The standard InChI is InChI=1S/C70H128O6/c1-4-7-10-13-16-19-22-25-28-31-33-35-37-39-42-45-48-51-54-57-60-63-69(72)75-66-67(65-74-68(71)62-59-56-53-50-47-44-41-38-30-27-24-21-18-15-12-9-6-3)76-70(73)64-61-58-55-52-49-46-43-40-36-34-32-29-26-23-20-17-14-11-8-5-2/h9,12,18,21,27,30,41,44,67H,4-8,10-11,13-17,19-20,22-26,28-29,31-40,42-43,45-66H2,1-3H3/b12-9-,21-18-,30-27-,44-41-. The van der Waals surface area contributed by atoms with Gasteiger partial charge in [0.2, 0.25) is 0 Å². The van der Waals surface area contributed by atoms with Crippen LogP contribution in [0.25, 0.3) is 0 Å². The van der Waals surface area contributed by atoms with Crippen molar-refractivity contribution in [1.29, 1.82) is 0 Å². The van der Waals surface area contributed by atoms with Crippen molar-refractivity contribution in [3.8, 4) is 0 Å². The molecule has 0 heterocycles. The molecule has 0 amide bonds. The first-order valence-electron chi connectivity index (χ1n) is 33.6. The summed E-state index contributed by atoms with van der Waals surface area (Å²) >= 11 is 0. The highest BCUT2D eigenvalue weighted by molar-refractivity contribution is 5.71. The van der Waals surface area contributed by atoms with Crippen molar-refractivity contribution >= 4 is 17.9 Å². The highest BCUT2D eigenvalue weighted by Crippen LogP contribution is 2.18. The van der Waals surface area contributed by atoms with Crippen molar-refractivity contribution in [1.82, 2.24) is 0 Å². The molecule has 6 heteroatoms. The fourth-order valence-electron chi connectivity index (χ4n) is 10.1. The van der Waals surface area contributed by atoms with Gasteiger partial charge in [0.1, 0.15) is 13.2 Å². The van der Waals surface area contributed by atoms with Crippen LogP contribution in [0.5, 0.6) is 0 Å². The zero-order chi connectivity index (χ0) is 55.0. The van der Waals surface area contributed by atoms with Crippen LogP contribution in [-0.2, 0) is 28.6 Å². The predicted molar refractivity (Wildman–Crippen MR) is 330 cm³/mol. The Morgan fingerprint density at radius 2 is 0.513 bits per heavy atom. The second kappa shape index (κ2) is 64.9. The van der Waals surface area contributed by atoms with Crippen molar-refractivity contribution < 1.29 is 28.6 Å².